The van der Waals surface area contributed by atoms with Crippen LogP contribution in [0.5, 0.6) is 0 Å². The van der Waals surface area contributed by atoms with Crippen LogP contribution in [0.3, 0.4) is 0 Å². The number of likely N-dealkylation sites (tertiary alicyclic amines) is 1. The number of hydrogen-bond donors (Lipinski definition) is 1. The minimum Gasteiger partial charge on any atom is -0.398 e. The number of nitrogens with two attached hydrogens (primary N) is 1. The number of hydrogen-bond acceptors (Lipinski definition) is 3. The second-order valence-corrected chi connectivity index (χ2v) is 5.15. The fraction of sp³-hybridized carbons (Fsp3) is 0.571. The van der Waals surface area contributed by atoms with E-state index in [2.05, 4.69) is 18.8 Å². The van der Waals surface area contributed by atoms with Gasteiger partial charge in [-0.05, 0) is 30.7 Å². The molecule has 4 nitrogen and oxygen atoms in total. The quantitative estimate of drug-likeness (QED) is 0.928. The Morgan fingerprint density at radius 2 is 2.16 bits per heavy atom. The molecule has 0 radical (unpaired) electrons. The first-order chi connectivity index (χ1) is 8.62. The molecule has 0 bridgehead atoms. The molecule has 0 unspecified atom stereocenters. The lowest BCUT2D eigenvalue weighted by Gasteiger charge is -2.26. The molecule has 0 aromatic carbocycles. The van der Waals surface area contributed by atoms with Gasteiger partial charge in [-0.3, -0.25) is 9.78 Å². The zero-order chi connectivity index (χ0) is 13.2. The van der Waals surface area contributed by atoms with E-state index in [1.807, 2.05) is 4.90 Å². The molecule has 106 valence electrons. The molecule has 0 atom stereocenters. The van der Waals surface area contributed by atoms with Crippen molar-refractivity contribution in [2.24, 2.45) is 5.41 Å². The molecule has 1 aliphatic rings. The lowest BCUT2D eigenvalue weighted by atomic mass is 9.82. The zero-order valence-corrected chi connectivity index (χ0v) is 12.4. The first-order valence-electron chi connectivity index (χ1n) is 6.60. The van der Waals surface area contributed by atoms with Gasteiger partial charge in [0.1, 0.15) is 0 Å². The second kappa shape index (κ2) is 6.24. The molecule has 0 aliphatic carbocycles. The molecule has 0 saturated carbocycles. The van der Waals surface area contributed by atoms with Gasteiger partial charge in [-0.15, -0.1) is 12.4 Å². The minimum absolute atomic E-state index is 0. The van der Waals surface area contributed by atoms with Crippen molar-refractivity contribution in [1.29, 1.82) is 0 Å². The molecule has 1 aromatic rings. The van der Waals surface area contributed by atoms with E-state index in [9.17, 15) is 4.79 Å². The summed E-state index contributed by atoms with van der Waals surface area (Å²) in [6.07, 6.45) is 6.51. The summed E-state index contributed by atoms with van der Waals surface area (Å²) < 4.78 is 0. The normalized spacial score (nSPS) is 17.1. The van der Waals surface area contributed by atoms with Crippen LogP contribution in [-0.4, -0.2) is 28.9 Å². The van der Waals surface area contributed by atoms with E-state index in [-0.39, 0.29) is 18.3 Å². The molecule has 0 spiro atoms. The smallest absolute Gasteiger partial charge is 0.257 e. The summed E-state index contributed by atoms with van der Waals surface area (Å²) >= 11 is 0. The van der Waals surface area contributed by atoms with Crippen LogP contribution in [-0.2, 0) is 0 Å². The molecule has 5 heteroatoms. The second-order valence-electron chi connectivity index (χ2n) is 5.15. The number of nitrogen functional groups attached to an aromatic ring is 1. The third kappa shape index (κ3) is 3.00. The maximum absolute atomic E-state index is 12.4. The van der Waals surface area contributed by atoms with Crippen LogP contribution in [0.4, 0.5) is 5.69 Å². The third-order valence-corrected chi connectivity index (χ3v) is 4.31. The molecule has 1 aromatic heterocycles. The van der Waals surface area contributed by atoms with Gasteiger partial charge in [-0.25, -0.2) is 0 Å². The Hall–Kier alpha value is -1.29. The SMILES string of the molecule is CCC1(CC)CCN(C(=O)c2cnccc2N)C1.Cl. The molecule has 2 rings (SSSR count). The summed E-state index contributed by atoms with van der Waals surface area (Å²) in [7, 11) is 0. The highest BCUT2D eigenvalue weighted by atomic mass is 35.5. The molecular formula is C14H22ClN3O. The van der Waals surface area contributed by atoms with Crippen molar-refractivity contribution in [3.63, 3.8) is 0 Å². The first kappa shape index (κ1) is 15.8. The number of carbonyl (C=O) groups excluding carboxylic acids is 1. The number of pyridine rings is 1. The Morgan fingerprint density at radius 1 is 1.47 bits per heavy atom. The van der Waals surface area contributed by atoms with Crippen molar-refractivity contribution in [2.45, 2.75) is 33.1 Å². The monoisotopic (exact) mass is 283 g/mol. The van der Waals surface area contributed by atoms with Crippen molar-refractivity contribution >= 4 is 24.0 Å². The molecule has 1 amide bonds. The average molecular weight is 284 g/mol. The molecule has 19 heavy (non-hydrogen) atoms. The summed E-state index contributed by atoms with van der Waals surface area (Å²) in [4.78, 5) is 18.3. The van der Waals surface area contributed by atoms with Gasteiger partial charge in [-0.1, -0.05) is 13.8 Å². The fourth-order valence-corrected chi connectivity index (χ4v) is 2.69. The van der Waals surface area contributed by atoms with Crippen molar-refractivity contribution in [1.82, 2.24) is 9.88 Å². The van der Waals surface area contributed by atoms with E-state index in [1.165, 1.54) is 0 Å². The van der Waals surface area contributed by atoms with Crippen molar-refractivity contribution < 1.29 is 4.79 Å². The Balaban J connectivity index is 0.00000180. The standard InChI is InChI=1S/C14H21N3O.ClH/c1-3-14(4-2)6-8-17(10-14)13(18)11-9-16-7-5-12(11)15;/h5,7,9H,3-4,6,8,10H2,1-2H3,(H2,15,16);1H. The van der Waals surface area contributed by atoms with Gasteiger partial charge in [0, 0.05) is 31.2 Å². The Labute approximate surface area is 120 Å². The summed E-state index contributed by atoms with van der Waals surface area (Å²) in [6, 6.07) is 1.68. The number of nitrogens with zero attached hydrogens (tertiary/aromatic N) is 2. The van der Waals surface area contributed by atoms with Crippen molar-refractivity contribution in [3.05, 3.63) is 24.0 Å². The van der Waals surface area contributed by atoms with E-state index in [0.29, 0.717) is 16.7 Å². The predicted octanol–water partition coefficient (Wildman–Crippen LogP) is 2.74. The van der Waals surface area contributed by atoms with Crippen LogP contribution >= 0.6 is 12.4 Å². The maximum atomic E-state index is 12.4. The Bertz CT molecular complexity index is 446. The Kier molecular flexibility index (Phi) is 5.18. The largest absolute Gasteiger partial charge is 0.398 e. The van der Waals surface area contributed by atoms with Gasteiger partial charge >= 0.3 is 0 Å². The Morgan fingerprint density at radius 3 is 2.68 bits per heavy atom. The van der Waals surface area contributed by atoms with E-state index >= 15 is 0 Å². The lowest BCUT2D eigenvalue weighted by molar-refractivity contribution is 0.0770. The number of aromatic nitrogens is 1. The highest BCUT2D eigenvalue weighted by Gasteiger charge is 2.37. The van der Waals surface area contributed by atoms with Crippen LogP contribution in [0.25, 0.3) is 0 Å². The zero-order valence-electron chi connectivity index (χ0n) is 11.6. The van der Waals surface area contributed by atoms with Crippen LogP contribution in [0.15, 0.2) is 18.5 Å². The number of anilines is 1. The van der Waals surface area contributed by atoms with Gasteiger partial charge in [-0.2, -0.15) is 0 Å². The van der Waals surface area contributed by atoms with Crippen LogP contribution < -0.4 is 5.73 Å². The van der Waals surface area contributed by atoms with Gasteiger partial charge in [0.25, 0.3) is 5.91 Å². The predicted molar refractivity (Wildman–Crippen MR) is 79.4 cm³/mol. The van der Waals surface area contributed by atoms with E-state index in [0.717, 1.165) is 32.4 Å². The molecule has 1 saturated heterocycles. The molecule has 1 fully saturated rings. The highest BCUT2D eigenvalue weighted by Crippen LogP contribution is 2.37. The molecule has 1 aliphatic heterocycles. The van der Waals surface area contributed by atoms with Gasteiger partial charge < -0.3 is 10.6 Å². The third-order valence-electron chi connectivity index (χ3n) is 4.31. The summed E-state index contributed by atoms with van der Waals surface area (Å²) in [5.74, 6) is 0.0179. The highest BCUT2D eigenvalue weighted by molar-refractivity contribution is 5.98. The minimum atomic E-state index is 0. The van der Waals surface area contributed by atoms with Crippen molar-refractivity contribution in [3.8, 4) is 0 Å². The first-order valence-corrected chi connectivity index (χ1v) is 6.60. The summed E-state index contributed by atoms with van der Waals surface area (Å²) in [6.45, 7) is 6.08. The van der Waals surface area contributed by atoms with Gasteiger partial charge in [0.2, 0.25) is 0 Å². The van der Waals surface area contributed by atoms with Gasteiger partial charge in [0.15, 0.2) is 0 Å². The van der Waals surface area contributed by atoms with Crippen LogP contribution in [0.1, 0.15) is 43.5 Å². The van der Waals surface area contributed by atoms with E-state index < -0.39 is 0 Å². The van der Waals surface area contributed by atoms with E-state index in [1.54, 1.807) is 18.5 Å². The fourth-order valence-electron chi connectivity index (χ4n) is 2.69. The average Bonchev–Trinajstić information content (AvgIpc) is 2.84. The topological polar surface area (TPSA) is 59.2 Å². The maximum Gasteiger partial charge on any atom is 0.257 e. The van der Waals surface area contributed by atoms with E-state index in [4.69, 9.17) is 5.73 Å². The number of carbonyl (C=O) groups is 1. The van der Waals surface area contributed by atoms with Crippen molar-refractivity contribution in [2.75, 3.05) is 18.8 Å². The lowest BCUT2D eigenvalue weighted by Crippen LogP contribution is -2.32. The number of halogens is 1. The number of amides is 1. The summed E-state index contributed by atoms with van der Waals surface area (Å²) in [5.41, 5.74) is 7.18. The molecule has 2 N–H and O–H groups in total. The molecule has 2 heterocycles. The van der Waals surface area contributed by atoms with Crippen LogP contribution in [0, 0.1) is 5.41 Å². The summed E-state index contributed by atoms with van der Waals surface area (Å²) in [5, 5.41) is 0. The van der Waals surface area contributed by atoms with Crippen LogP contribution in [0.2, 0.25) is 0 Å². The number of rotatable bonds is 3. The molecular weight excluding hydrogens is 262 g/mol. The van der Waals surface area contributed by atoms with Gasteiger partial charge in [0.05, 0.1) is 5.56 Å².